The van der Waals surface area contributed by atoms with Crippen molar-refractivity contribution < 1.29 is 4.79 Å². The summed E-state index contributed by atoms with van der Waals surface area (Å²) in [6.45, 7) is 0. The van der Waals surface area contributed by atoms with E-state index in [1.807, 2.05) is 66.2 Å². The van der Waals surface area contributed by atoms with Crippen molar-refractivity contribution in [2.75, 3.05) is 0 Å². The van der Waals surface area contributed by atoms with Crippen LogP contribution in [0.3, 0.4) is 0 Å². The van der Waals surface area contributed by atoms with Crippen LogP contribution in [-0.4, -0.2) is 21.7 Å². The van der Waals surface area contributed by atoms with Gasteiger partial charge in [-0.2, -0.15) is 5.10 Å². The van der Waals surface area contributed by atoms with Crippen LogP contribution in [0.2, 0.25) is 0 Å². The minimum atomic E-state index is -0.189. The third-order valence-corrected chi connectivity index (χ3v) is 3.40. The quantitative estimate of drug-likeness (QED) is 0.592. The minimum absolute atomic E-state index is 0.189. The fraction of sp³-hybridized carbons (Fsp3) is 0.118. The molecule has 1 heterocycles. The number of amides is 1. The molecule has 0 saturated carbocycles. The molecular formula is C17H16N4O. The summed E-state index contributed by atoms with van der Waals surface area (Å²) in [6.07, 6.45) is 1.81. The summed E-state index contributed by atoms with van der Waals surface area (Å²) >= 11 is 0. The van der Waals surface area contributed by atoms with Crippen molar-refractivity contribution in [3.05, 3.63) is 66.0 Å². The van der Waals surface area contributed by atoms with E-state index in [4.69, 9.17) is 0 Å². The number of imidazole rings is 1. The summed E-state index contributed by atoms with van der Waals surface area (Å²) in [5, 5.41) is 3.96. The number of hydrazone groups is 1. The molecule has 3 aromatic rings. The molecule has 1 N–H and O–H groups in total. The summed E-state index contributed by atoms with van der Waals surface area (Å²) in [5.41, 5.74) is 5.37. The number of benzene rings is 2. The molecule has 0 atom stereocenters. The summed E-state index contributed by atoms with van der Waals surface area (Å²) in [7, 11) is 1.91. The van der Waals surface area contributed by atoms with E-state index >= 15 is 0 Å². The van der Waals surface area contributed by atoms with Gasteiger partial charge in [0, 0.05) is 7.05 Å². The van der Waals surface area contributed by atoms with Gasteiger partial charge >= 0.3 is 0 Å². The average molecular weight is 292 g/mol. The number of fused-ring (bicyclic) bond motifs is 1. The lowest BCUT2D eigenvalue weighted by molar-refractivity contribution is -0.120. The molecule has 0 fully saturated rings. The summed E-state index contributed by atoms with van der Waals surface area (Å²) in [4.78, 5) is 16.4. The third kappa shape index (κ3) is 3.03. The summed E-state index contributed by atoms with van der Waals surface area (Å²) in [6, 6.07) is 17.4. The van der Waals surface area contributed by atoms with E-state index in [1.54, 1.807) is 6.21 Å². The maximum Gasteiger partial charge on any atom is 0.247 e. The Hall–Kier alpha value is -2.95. The number of hydrogen-bond acceptors (Lipinski definition) is 3. The molecule has 0 bridgehead atoms. The van der Waals surface area contributed by atoms with Crippen molar-refractivity contribution >= 4 is 23.2 Å². The van der Waals surface area contributed by atoms with Crippen LogP contribution in [0.1, 0.15) is 11.4 Å². The lowest BCUT2D eigenvalue weighted by Gasteiger charge is -2.01. The molecule has 0 unspecified atom stereocenters. The first-order chi connectivity index (χ1) is 10.7. The highest BCUT2D eigenvalue weighted by Gasteiger charge is 2.10. The first kappa shape index (κ1) is 14.0. The number of aromatic nitrogens is 2. The van der Waals surface area contributed by atoms with Crippen molar-refractivity contribution in [3.63, 3.8) is 0 Å². The van der Waals surface area contributed by atoms with E-state index < -0.39 is 0 Å². The number of nitrogens with zero attached hydrogens (tertiary/aromatic N) is 3. The van der Waals surface area contributed by atoms with E-state index in [9.17, 15) is 4.79 Å². The molecule has 0 spiro atoms. The van der Waals surface area contributed by atoms with Gasteiger partial charge in [0.1, 0.15) is 5.82 Å². The Morgan fingerprint density at radius 3 is 2.68 bits per heavy atom. The van der Waals surface area contributed by atoms with Crippen LogP contribution in [0.25, 0.3) is 11.0 Å². The highest BCUT2D eigenvalue weighted by atomic mass is 16.2. The van der Waals surface area contributed by atoms with E-state index in [0.29, 0.717) is 5.82 Å². The number of nitrogens with one attached hydrogen (secondary N) is 1. The van der Waals surface area contributed by atoms with Crippen LogP contribution >= 0.6 is 0 Å². The average Bonchev–Trinajstić information content (AvgIpc) is 2.85. The molecule has 2 aromatic carbocycles. The van der Waals surface area contributed by atoms with E-state index in [2.05, 4.69) is 15.5 Å². The largest absolute Gasteiger partial charge is 0.331 e. The molecule has 0 saturated heterocycles. The van der Waals surface area contributed by atoms with Crippen LogP contribution in [0.15, 0.2) is 59.7 Å². The molecule has 0 aliphatic rings. The van der Waals surface area contributed by atoms with E-state index in [0.717, 1.165) is 16.6 Å². The third-order valence-electron chi connectivity index (χ3n) is 3.40. The lowest BCUT2D eigenvalue weighted by atomic mass is 10.2. The van der Waals surface area contributed by atoms with Crippen LogP contribution < -0.4 is 5.43 Å². The van der Waals surface area contributed by atoms with Gasteiger partial charge in [-0.1, -0.05) is 42.5 Å². The fourth-order valence-corrected chi connectivity index (χ4v) is 2.25. The Labute approximate surface area is 128 Å². The summed E-state index contributed by atoms with van der Waals surface area (Å²) < 4.78 is 1.93. The molecule has 3 rings (SSSR count). The molecule has 5 heteroatoms. The van der Waals surface area contributed by atoms with Gasteiger partial charge in [0.2, 0.25) is 5.91 Å². The second kappa shape index (κ2) is 6.22. The van der Waals surface area contributed by atoms with Crippen LogP contribution in [0.4, 0.5) is 0 Å². The molecule has 110 valence electrons. The van der Waals surface area contributed by atoms with Gasteiger partial charge in [-0.3, -0.25) is 4.79 Å². The Morgan fingerprint density at radius 2 is 1.91 bits per heavy atom. The zero-order chi connectivity index (χ0) is 15.4. The Balaban J connectivity index is 1.66. The molecule has 0 aliphatic heterocycles. The minimum Gasteiger partial charge on any atom is -0.331 e. The number of aryl methyl sites for hydroxylation is 1. The second-order valence-electron chi connectivity index (χ2n) is 4.96. The summed E-state index contributed by atoms with van der Waals surface area (Å²) in [5.74, 6) is 0.527. The van der Waals surface area contributed by atoms with Crippen molar-refractivity contribution in [2.45, 2.75) is 6.42 Å². The highest BCUT2D eigenvalue weighted by molar-refractivity contribution is 5.84. The van der Waals surface area contributed by atoms with Gasteiger partial charge in [0.05, 0.1) is 23.7 Å². The van der Waals surface area contributed by atoms with Crippen molar-refractivity contribution in [2.24, 2.45) is 12.1 Å². The predicted octanol–water partition coefficient (Wildman–Crippen LogP) is 2.27. The Bertz CT molecular complexity index is 821. The topological polar surface area (TPSA) is 59.3 Å². The van der Waals surface area contributed by atoms with Crippen molar-refractivity contribution in [1.82, 2.24) is 15.0 Å². The number of carbonyl (C=O) groups is 1. The molecule has 0 radical (unpaired) electrons. The normalized spacial score (nSPS) is 11.1. The smallest absolute Gasteiger partial charge is 0.247 e. The molecule has 0 aliphatic carbocycles. The van der Waals surface area contributed by atoms with Gasteiger partial charge in [-0.05, 0) is 17.7 Å². The molecule has 22 heavy (non-hydrogen) atoms. The van der Waals surface area contributed by atoms with Crippen molar-refractivity contribution in [3.8, 4) is 0 Å². The van der Waals surface area contributed by atoms with Crippen LogP contribution in [-0.2, 0) is 18.3 Å². The van der Waals surface area contributed by atoms with Crippen LogP contribution in [0, 0.1) is 0 Å². The fourth-order valence-electron chi connectivity index (χ4n) is 2.25. The van der Waals surface area contributed by atoms with Gasteiger partial charge in [0.15, 0.2) is 0 Å². The second-order valence-corrected chi connectivity index (χ2v) is 4.96. The monoisotopic (exact) mass is 292 g/mol. The SMILES string of the molecule is Cn1c(CC(=O)N/N=C/c2ccccc2)nc2ccccc21. The lowest BCUT2D eigenvalue weighted by Crippen LogP contribution is -2.21. The van der Waals surface area contributed by atoms with Gasteiger partial charge in [0.25, 0.3) is 0 Å². The standard InChI is InChI=1S/C17H16N4O/c1-21-15-10-6-5-9-14(15)19-16(21)11-17(22)20-18-12-13-7-3-2-4-8-13/h2-10,12H,11H2,1H3,(H,20,22)/b18-12+. The van der Waals surface area contributed by atoms with E-state index in [1.165, 1.54) is 0 Å². The molecule has 1 amide bonds. The van der Waals surface area contributed by atoms with Crippen LogP contribution in [0.5, 0.6) is 0 Å². The number of rotatable bonds is 4. The highest BCUT2D eigenvalue weighted by Crippen LogP contribution is 2.14. The predicted molar refractivity (Wildman–Crippen MR) is 86.6 cm³/mol. The number of hydrogen-bond donors (Lipinski definition) is 1. The first-order valence-corrected chi connectivity index (χ1v) is 7.01. The first-order valence-electron chi connectivity index (χ1n) is 7.01. The maximum atomic E-state index is 12.0. The zero-order valence-electron chi connectivity index (χ0n) is 12.2. The van der Waals surface area contributed by atoms with Gasteiger partial charge in [-0.25, -0.2) is 10.4 Å². The number of para-hydroxylation sites is 2. The van der Waals surface area contributed by atoms with Gasteiger partial charge < -0.3 is 4.57 Å². The van der Waals surface area contributed by atoms with Crippen molar-refractivity contribution in [1.29, 1.82) is 0 Å². The Morgan fingerprint density at radius 1 is 1.18 bits per heavy atom. The zero-order valence-corrected chi connectivity index (χ0v) is 12.2. The number of carbonyl (C=O) groups excluding carboxylic acids is 1. The molecule has 5 nitrogen and oxygen atoms in total. The maximum absolute atomic E-state index is 12.0. The van der Waals surface area contributed by atoms with E-state index in [-0.39, 0.29) is 12.3 Å². The van der Waals surface area contributed by atoms with Gasteiger partial charge in [-0.15, -0.1) is 0 Å². The Kier molecular flexibility index (Phi) is 3.96. The molecule has 1 aromatic heterocycles. The molecular weight excluding hydrogens is 276 g/mol.